The van der Waals surface area contributed by atoms with Crippen molar-refractivity contribution < 1.29 is 14.9 Å². The van der Waals surface area contributed by atoms with Crippen molar-refractivity contribution in [1.29, 1.82) is 0 Å². The summed E-state index contributed by atoms with van der Waals surface area (Å²) in [5.74, 6) is 0.798. The summed E-state index contributed by atoms with van der Waals surface area (Å²) in [6, 6.07) is 7.29. The van der Waals surface area contributed by atoms with Crippen molar-refractivity contribution in [2.75, 3.05) is 6.61 Å². The van der Waals surface area contributed by atoms with Crippen molar-refractivity contribution in [2.45, 2.75) is 39.4 Å². The lowest BCUT2D eigenvalue weighted by Gasteiger charge is -2.27. The Morgan fingerprint density at radius 1 is 1.29 bits per heavy atom. The summed E-state index contributed by atoms with van der Waals surface area (Å²) in [7, 11) is 0. The topological polar surface area (TPSA) is 49.7 Å². The van der Waals surface area contributed by atoms with Gasteiger partial charge in [0.05, 0.1) is 11.7 Å². The zero-order chi connectivity index (χ0) is 13.1. The van der Waals surface area contributed by atoms with Gasteiger partial charge in [-0.25, -0.2) is 0 Å². The number of benzene rings is 1. The fourth-order valence-electron chi connectivity index (χ4n) is 1.26. The van der Waals surface area contributed by atoms with Crippen LogP contribution in [0.15, 0.2) is 24.3 Å². The molecule has 0 spiro atoms. The molecule has 3 heteroatoms. The van der Waals surface area contributed by atoms with Crippen molar-refractivity contribution in [3.05, 3.63) is 29.8 Å². The van der Waals surface area contributed by atoms with Gasteiger partial charge in [0.15, 0.2) is 0 Å². The highest BCUT2D eigenvalue weighted by Crippen LogP contribution is 2.22. The molecule has 0 saturated carbocycles. The lowest BCUT2D eigenvalue weighted by molar-refractivity contribution is -0.0266. The molecule has 2 N–H and O–H groups in total. The van der Waals surface area contributed by atoms with E-state index in [2.05, 4.69) is 0 Å². The fourth-order valence-corrected chi connectivity index (χ4v) is 1.26. The van der Waals surface area contributed by atoms with E-state index in [-0.39, 0.29) is 12.5 Å². The summed E-state index contributed by atoms with van der Waals surface area (Å²) in [6.07, 6.45) is -0.510. The van der Waals surface area contributed by atoms with Crippen LogP contribution in [0.2, 0.25) is 0 Å². The van der Waals surface area contributed by atoms with E-state index in [0.717, 1.165) is 5.56 Å². The molecule has 0 fully saturated rings. The predicted molar refractivity (Wildman–Crippen MR) is 68.0 cm³/mol. The third kappa shape index (κ3) is 4.02. The number of rotatable bonds is 5. The van der Waals surface area contributed by atoms with Crippen LogP contribution in [0.4, 0.5) is 0 Å². The Balaban J connectivity index is 2.67. The Bertz CT molecular complexity index is 356. The monoisotopic (exact) mass is 238 g/mol. The SMILES string of the molecule is CC(C)C(C)(O)COc1cccc([C@H](C)O)c1. The van der Waals surface area contributed by atoms with Gasteiger partial charge in [-0.2, -0.15) is 0 Å². The average Bonchev–Trinajstić information content (AvgIpc) is 2.26. The number of ether oxygens (including phenoxy) is 1. The fraction of sp³-hybridized carbons (Fsp3) is 0.571. The Morgan fingerprint density at radius 2 is 1.94 bits per heavy atom. The molecule has 0 aliphatic rings. The Hall–Kier alpha value is -1.06. The first-order valence-corrected chi connectivity index (χ1v) is 5.96. The van der Waals surface area contributed by atoms with E-state index < -0.39 is 11.7 Å². The zero-order valence-electron chi connectivity index (χ0n) is 11.0. The van der Waals surface area contributed by atoms with Crippen LogP contribution in [-0.4, -0.2) is 22.4 Å². The smallest absolute Gasteiger partial charge is 0.119 e. The van der Waals surface area contributed by atoms with Crippen molar-refractivity contribution >= 4 is 0 Å². The van der Waals surface area contributed by atoms with Gasteiger partial charge in [-0.1, -0.05) is 26.0 Å². The molecular formula is C14H22O3. The molecule has 0 aromatic heterocycles. The van der Waals surface area contributed by atoms with Crippen LogP contribution in [0.1, 0.15) is 39.4 Å². The van der Waals surface area contributed by atoms with Gasteiger partial charge in [-0.15, -0.1) is 0 Å². The van der Waals surface area contributed by atoms with E-state index in [1.807, 2.05) is 32.0 Å². The van der Waals surface area contributed by atoms with Gasteiger partial charge in [0.25, 0.3) is 0 Å². The molecule has 3 nitrogen and oxygen atoms in total. The minimum Gasteiger partial charge on any atom is -0.491 e. The number of hydrogen-bond donors (Lipinski definition) is 2. The second-order valence-corrected chi connectivity index (χ2v) is 5.05. The van der Waals surface area contributed by atoms with E-state index >= 15 is 0 Å². The number of aliphatic hydroxyl groups excluding tert-OH is 1. The summed E-state index contributed by atoms with van der Waals surface area (Å²) in [6.45, 7) is 7.62. The van der Waals surface area contributed by atoms with Crippen molar-refractivity contribution in [1.82, 2.24) is 0 Å². The van der Waals surface area contributed by atoms with Gasteiger partial charge in [-0.05, 0) is 37.5 Å². The molecule has 0 aliphatic heterocycles. The summed E-state index contributed by atoms with van der Waals surface area (Å²) in [4.78, 5) is 0. The van der Waals surface area contributed by atoms with E-state index in [4.69, 9.17) is 4.74 Å². The van der Waals surface area contributed by atoms with E-state index in [9.17, 15) is 10.2 Å². The highest BCUT2D eigenvalue weighted by atomic mass is 16.5. The molecule has 1 rings (SSSR count). The molecule has 0 radical (unpaired) electrons. The van der Waals surface area contributed by atoms with Crippen LogP contribution in [0.5, 0.6) is 5.75 Å². The quantitative estimate of drug-likeness (QED) is 0.828. The Morgan fingerprint density at radius 3 is 2.47 bits per heavy atom. The lowest BCUT2D eigenvalue weighted by Crippen LogP contribution is -2.37. The van der Waals surface area contributed by atoms with E-state index in [0.29, 0.717) is 5.75 Å². The second-order valence-electron chi connectivity index (χ2n) is 5.05. The highest BCUT2D eigenvalue weighted by Gasteiger charge is 2.25. The third-order valence-corrected chi connectivity index (χ3v) is 3.12. The molecule has 17 heavy (non-hydrogen) atoms. The van der Waals surface area contributed by atoms with Crippen molar-refractivity contribution in [3.63, 3.8) is 0 Å². The van der Waals surface area contributed by atoms with Crippen LogP contribution >= 0.6 is 0 Å². The maximum atomic E-state index is 10.1. The van der Waals surface area contributed by atoms with Crippen LogP contribution < -0.4 is 4.74 Å². The third-order valence-electron chi connectivity index (χ3n) is 3.12. The molecule has 1 aromatic rings. The Labute approximate surface area is 103 Å². The van der Waals surface area contributed by atoms with Gasteiger partial charge >= 0.3 is 0 Å². The summed E-state index contributed by atoms with van der Waals surface area (Å²) in [5, 5.41) is 19.5. The van der Waals surface area contributed by atoms with Crippen molar-refractivity contribution in [2.24, 2.45) is 5.92 Å². The normalized spacial score (nSPS) is 16.6. The number of hydrogen-bond acceptors (Lipinski definition) is 3. The molecule has 2 atom stereocenters. The minimum absolute atomic E-state index is 0.127. The molecule has 1 unspecified atom stereocenters. The van der Waals surface area contributed by atoms with Gasteiger partial charge < -0.3 is 14.9 Å². The molecule has 0 bridgehead atoms. The molecule has 0 amide bonds. The minimum atomic E-state index is -0.846. The van der Waals surface area contributed by atoms with Gasteiger partial charge in [0, 0.05) is 0 Å². The maximum Gasteiger partial charge on any atom is 0.119 e. The average molecular weight is 238 g/mol. The molecule has 0 heterocycles. The Kier molecular flexibility index (Phi) is 4.54. The van der Waals surface area contributed by atoms with Crippen molar-refractivity contribution in [3.8, 4) is 5.75 Å². The standard InChI is InChI=1S/C14H22O3/c1-10(2)14(4,16)9-17-13-7-5-6-12(8-13)11(3)15/h5-8,10-11,15-16H,9H2,1-4H3/t11-,14?/m0/s1. The van der Waals surface area contributed by atoms with E-state index in [1.165, 1.54) is 0 Å². The molecule has 0 saturated heterocycles. The van der Waals surface area contributed by atoms with Crippen LogP contribution in [0.3, 0.4) is 0 Å². The van der Waals surface area contributed by atoms with Gasteiger partial charge in [0.2, 0.25) is 0 Å². The lowest BCUT2D eigenvalue weighted by atomic mass is 9.94. The second kappa shape index (κ2) is 5.52. The number of aliphatic hydroxyl groups is 2. The molecule has 0 aliphatic carbocycles. The summed E-state index contributed by atoms with van der Waals surface area (Å²) in [5.41, 5.74) is -0.0346. The van der Waals surface area contributed by atoms with E-state index in [1.54, 1.807) is 19.9 Å². The van der Waals surface area contributed by atoms with Gasteiger partial charge in [0.1, 0.15) is 12.4 Å². The van der Waals surface area contributed by atoms with Crippen LogP contribution in [0, 0.1) is 5.92 Å². The molecule has 1 aromatic carbocycles. The summed E-state index contributed by atoms with van der Waals surface area (Å²) < 4.78 is 5.56. The largest absolute Gasteiger partial charge is 0.491 e. The first kappa shape index (κ1) is 14.0. The summed E-state index contributed by atoms with van der Waals surface area (Å²) >= 11 is 0. The maximum absolute atomic E-state index is 10.1. The van der Waals surface area contributed by atoms with Crippen LogP contribution in [0.25, 0.3) is 0 Å². The molecule has 96 valence electrons. The van der Waals surface area contributed by atoms with Gasteiger partial charge in [-0.3, -0.25) is 0 Å². The van der Waals surface area contributed by atoms with Crippen LogP contribution in [-0.2, 0) is 0 Å². The highest BCUT2D eigenvalue weighted by molar-refractivity contribution is 5.29. The molecular weight excluding hydrogens is 216 g/mol. The first-order valence-electron chi connectivity index (χ1n) is 5.96. The first-order chi connectivity index (χ1) is 7.83. The predicted octanol–water partition coefficient (Wildman–Crippen LogP) is 2.53. The zero-order valence-corrected chi connectivity index (χ0v) is 11.0.